The molecule has 1 N–H and O–H groups in total. The maximum absolute atomic E-state index is 12.1. The molecule has 2 heterocycles. The number of hydrogen-bond acceptors (Lipinski definition) is 4. The summed E-state index contributed by atoms with van der Waals surface area (Å²) in [4.78, 5) is 21.7. The molecule has 3 aromatic rings. The number of nitrogens with zero attached hydrogens (tertiary/aromatic N) is 3. The van der Waals surface area contributed by atoms with E-state index in [2.05, 4.69) is 23.0 Å². The second-order valence-corrected chi connectivity index (χ2v) is 7.65. The minimum Gasteiger partial charge on any atom is -0.484 e. The molecule has 1 aliphatic rings. The Morgan fingerprint density at radius 1 is 1.20 bits per heavy atom. The fraction of sp³-hybridized carbons (Fsp3) is 0.292. The number of likely N-dealkylation sites (tertiary alicyclic amines) is 1. The summed E-state index contributed by atoms with van der Waals surface area (Å²) in [5.74, 6) is 1.21. The minimum absolute atomic E-state index is 0.0265. The van der Waals surface area contributed by atoms with Crippen molar-refractivity contribution in [3.8, 4) is 11.8 Å². The lowest BCUT2D eigenvalue weighted by Crippen LogP contribution is -2.32. The molecule has 2 aromatic carbocycles. The zero-order chi connectivity index (χ0) is 21.1. The number of hydrogen-bond donors (Lipinski definition) is 1. The van der Waals surface area contributed by atoms with Crippen LogP contribution in [0.2, 0.25) is 0 Å². The van der Waals surface area contributed by atoms with E-state index in [1.54, 1.807) is 6.08 Å². The number of fused-ring (bicyclic) bond motifs is 1. The molecule has 1 saturated heterocycles. The number of carbonyl (C=O) groups is 1. The van der Waals surface area contributed by atoms with Crippen molar-refractivity contribution < 1.29 is 9.53 Å². The van der Waals surface area contributed by atoms with Gasteiger partial charge in [-0.05, 0) is 73.7 Å². The van der Waals surface area contributed by atoms with Crippen molar-refractivity contribution in [1.82, 2.24) is 14.9 Å². The van der Waals surface area contributed by atoms with Crippen molar-refractivity contribution in [2.75, 3.05) is 19.7 Å². The van der Waals surface area contributed by atoms with E-state index in [-0.39, 0.29) is 12.5 Å². The molecule has 1 amide bonds. The van der Waals surface area contributed by atoms with Gasteiger partial charge >= 0.3 is 0 Å². The van der Waals surface area contributed by atoms with Crippen molar-refractivity contribution in [1.29, 1.82) is 5.26 Å². The standard InChI is InChI=1S/C24H24N4O2/c1-16-11-21-22(12-17(16)2)27-24(26-21)19(14-25)13-18-5-7-20(8-6-18)30-15-23(29)28-9-3-4-10-28/h5-8,11-13H,3-4,9-10,15H2,1-2H3,(H,26,27)/b19-13+. The molecule has 0 bridgehead atoms. The largest absolute Gasteiger partial charge is 0.484 e. The molecule has 0 unspecified atom stereocenters. The van der Waals surface area contributed by atoms with E-state index < -0.39 is 0 Å². The summed E-state index contributed by atoms with van der Waals surface area (Å²) in [6.45, 7) is 5.80. The predicted octanol–water partition coefficient (Wildman–Crippen LogP) is 4.25. The van der Waals surface area contributed by atoms with Crippen molar-refractivity contribution in [2.24, 2.45) is 0 Å². The number of aromatic amines is 1. The molecule has 0 atom stereocenters. The van der Waals surface area contributed by atoms with Gasteiger partial charge in [0.1, 0.15) is 17.6 Å². The Morgan fingerprint density at radius 2 is 1.90 bits per heavy atom. The number of rotatable bonds is 5. The Morgan fingerprint density at radius 3 is 2.60 bits per heavy atom. The summed E-state index contributed by atoms with van der Waals surface area (Å²) in [5, 5.41) is 9.63. The predicted molar refractivity (Wildman–Crippen MR) is 117 cm³/mol. The van der Waals surface area contributed by atoms with Gasteiger partial charge in [-0.2, -0.15) is 5.26 Å². The summed E-state index contributed by atoms with van der Waals surface area (Å²) in [6.07, 6.45) is 3.92. The third-order valence-corrected chi connectivity index (χ3v) is 5.49. The monoisotopic (exact) mass is 400 g/mol. The molecule has 1 aliphatic heterocycles. The highest BCUT2D eigenvalue weighted by Gasteiger charge is 2.18. The highest BCUT2D eigenvalue weighted by atomic mass is 16.5. The van der Waals surface area contributed by atoms with Crippen LogP contribution in [0, 0.1) is 25.2 Å². The molecule has 0 saturated carbocycles. The van der Waals surface area contributed by atoms with E-state index in [1.165, 1.54) is 11.1 Å². The van der Waals surface area contributed by atoms with Crippen LogP contribution in [-0.4, -0.2) is 40.5 Å². The molecule has 0 radical (unpaired) electrons. The topological polar surface area (TPSA) is 82.0 Å². The van der Waals surface area contributed by atoms with Gasteiger partial charge in [0.15, 0.2) is 6.61 Å². The highest BCUT2D eigenvalue weighted by molar-refractivity contribution is 5.90. The van der Waals surface area contributed by atoms with Crippen LogP contribution in [0.4, 0.5) is 0 Å². The summed E-state index contributed by atoms with van der Waals surface area (Å²) >= 11 is 0. The van der Waals surface area contributed by atoms with Gasteiger partial charge in [-0.3, -0.25) is 4.79 Å². The van der Waals surface area contributed by atoms with Crippen molar-refractivity contribution in [2.45, 2.75) is 26.7 Å². The fourth-order valence-electron chi connectivity index (χ4n) is 3.58. The average molecular weight is 400 g/mol. The number of benzene rings is 2. The third kappa shape index (κ3) is 4.20. The lowest BCUT2D eigenvalue weighted by Gasteiger charge is -2.15. The van der Waals surface area contributed by atoms with E-state index in [0.29, 0.717) is 17.1 Å². The number of imidazole rings is 1. The smallest absolute Gasteiger partial charge is 0.260 e. The molecule has 30 heavy (non-hydrogen) atoms. The zero-order valence-corrected chi connectivity index (χ0v) is 17.2. The maximum Gasteiger partial charge on any atom is 0.260 e. The first-order valence-corrected chi connectivity index (χ1v) is 10.1. The van der Waals surface area contributed by atoms with Crippen molar-refractivity contribution in [3.63, 3.8) is 0 Å². The number of nitrogens with one attached hydrogen (secondary N) is 1. The normalized spacial score (nSPS) is 14.2. The number of H-pyrrole nitrogens is 1. The van der Waals surface area contributed by atoms with Gasteiger partial charge in [-0.1, -0.05) is 12.1 Å². The van der Waals surface area contributed by atoms with Crippen LogP contribution in [0.3, 0.4) is 0 Å². The minimum atomic E-state index is 0.0265. The maximum atomic E-state index is 12.1. The molecule has 0 aliphatic carbocycles. The van der Waals surface area contributed by atoms with E-state index in [9.17, 15) is 10.1 Å². The second-order valence-electron chi connectivity index (χ2n) is 7.65. The van der Waals surface area contributed by atoms with E-state index in [1.807, 2.05) is 48.2 Å². The highest BCUT2D eigenvalue weighted by Crippen LogP contribution is 2.23. The number of aromatic nitrogens is 2. The van der Waals surface area contributed by atoms with Crippen molar-refractivity contribution >= 4 is 28.6 Å². The molecule has 6 heteroatoms. The third-order valence-electron chi connectivity index (χ3n) is 5.49. The van der Waals surface area contributed by atoms with Gasteiger partial charge < -0.3 is 14.6 Å². The molecular weight excluding hydrogens is 376 g/mol. The Kier molecular flexibility index (Phi) is 5.53. The van der Waals surface area contributed by atoms with Gasteiger partial charge in [-0.25, -0.2) is 4.98 Å². The van der Waals surface area contributed by atoms with E-state index in [0.717, 1.165) is 42.5 Å². The molecule has 1 aromatic heterocycles. The Hall–Kier alpha value is -3.59. The molecule has 4 rings (SSSR count). The molecular formula is C24H24N4O2. The SMILES string of the molecule is Cc1cc2nc(/C(C#N)=C/c3ccc(OCC(=O)N4CCCC4)cc3)[nH]c2cc1C. The first kappa shape index (κ1) is 19.7. The Labute approximate surface area is 175 Å². The van der Waals surface area contributed by atoms with Gasteiger partial charge in [0, 0.05) is 13.1 Å². The Bertz CT molecular complexity index is 1110. The van der Waals surface area contributed by atoms with E-state index >= 15 is 0 Å². The van der Waals surface area contributed by atoms with Crippen LogP contribution in [0.5, 0.6) is 5.75 Å². The van der Waals surface area contributed by atoms with Crippen molar-refractivity contribution in [3.05, 3.63) is 58.9 Å². The van der Waals surface area contributed by atoms with Gasteiger partial charge in [0.05, 0.1) is 16.6 Å². The summed E-state index contributed by atoms with van der Waals surface area (Å²) in [6, 6.07) is 13.6. The van der Waals surface area contributed by atoms with Gasteiger partial charge in [0.2, 0.25) is 0 Å². The van der Waals surface area contributed by atoms with Crippen LogP contribution in [0.15, 0.2) is 36.4 Å². The van der Waals surface area contributed by atoms with Crippen LogP contribution in [-0.2, 0) is 4.79 Å². The first-order chi connectivity index (χ1) is 14.5. The Balaban J connectivity index is 1.47. The lowest BCUT2D eigenvalue weighted by molar-refractivity contribution is -0.132. The number of aryl methyl sites for hydroxylation is 2. The molecule has 6 nitrogen and oxygen atoms in total. The van der Waals surface area contributed by atoms with Crippen LogP contribution < -0.4 is 4.74 Å². The first-order valence-electron chi connectivity index (χ1n) is 10.1. The average Bonchev–Trinajstić information content (AvgIpc) is 3.42. The van der Waals surface area contributed by atoms with E-state index in [4.69, 9.17) is 4.74 Å². The number of nitriles is 1. The summed E-state index contributed by atoms with van der Waals surface area (Å²) in [5.41, 5.74) is 5.43. The summed E-state index contributed by atoms with van der Waals surface area (Å²) < 4.78 is 5.62. The van der Waals surface area contributed by atoms with Crippen LogP contribution in [0.25, 0.3) is 22.7 Å². The zero-order valence-electron chi connectivity index (χ0n) is 17.2. The van der Waals surface area contributed by atoms with Crippen LogP contribution in [0.1, 0.15) is 35.4 Å². The molecule has 1 fully saturated rings. The number of ether oxygens (including phenoxy) is 1. The second kappa shape index (κ2) is 8.42. The quantitative estimate of drug-likeness (QED) is 0.649. The number of allylic oxidation sites excluding steroid dienone is 1. The summed E-state index contributed by atoms with van der Waals surface area (Å²) in [7, 11) is 0. The van der Waals surface area contributed by atoms with Crippen LogP contribution >= 0.6 is 0 Å². The van der Waals surface area contributed by atoms with Gasteiger partial charge in [-0.15, -0.1) is 0 Å². The fourth-order valence-corrected chi connectivity index (χ4v) is 3.58. The van der Waals surface area contributed by atoms with Gasteiger partial charge in [0.25, 0.3) is 5.91 Å². The lowest BCUT2D eigenvalue weighted by atomic mass is 10.1. The molecule has 152 valence electrons. The number of carbonyl (C=O) groups excluding carboxylic acids is 1. The molecule has 0 spiro atoms. The number of amides is 1.